The number of hydrogen-bond acceptors (Lipinski definition) is 1. The van der Waals surface area contributed by atoms with Crippen LogP contribution >= 0.6 is 11.6 Å². The van der Waals surface area contributed by atoms with Gasteiger partial charge in [-0.1, -0.05) is 54.1 Å². The van der Waals surface area contributed by atoms with Crippen molar-refractivity contribution in [1.29, 1.82) is 0 Å². The Kier molecular flexibility index (Phi) is 3.10. The van der Waals surface area contributed by atoms with Gasteiger partial charge in [-0.25, -0.2) is 0 Å². The number of carbonyl (C=O) groups excluding carboxylic acids is 1. The van der Waals surface area contributed by atoms with Gasteiger partial charge in [-0.05, 0) is 29.3 Å². The molecule has 1 heterocycles. The maximum Gasteiger partial charge on any atom is 0.235 e. The van der Waals surface area contributed by atoms with Crippen LogP contribution in [0.15, 0.2) is 54.6 Å². The molecular formula is C16H12ClNO. The molecule has 2 nitrogen and oxygen atoms in total. The molecule has 0 aromatic heterocycles. The molecule has 2 aromatic carbocycles. The number of para-hydroxylation sites is 1. The number of anilines is 1. The quantitative estimate of drug-likeness (QED) is 0.830. The smallest absolute Gasteiger partial charge is 0.235 e. The first-order valence-electron chi connectivity index (χ1n) is 6.07. The molecule has 1 unspecified atom stereocenters. The van der Waals surface area contributed by atoms with Crippen molar-refractivity contribution in [3.05, 3.63) is 70.8 Å². The number of fused-ring (bicyclic) bond motifs is 1. The van der Waals surface area contributed by atoms with Crippen molar-refractivity contribution in [1.82, 2.24) is 0 Å². The molecule has 0 bridgehead atoms. The van der Waals surface area contributed by atoms with E-state index in [1.807, 2.05) is 48.6 Å². The summed E-state index contributed by atoms with van der Waals surface area (Å²) in [5, 5.41) is 3.62. The summed E-state index contributed by atoms with van der Waals surface area (Å²) in [5.74, 6) is -0.312. The Morgan fingerprint density at radius 3 is 2.53 bits per heavy atom. The van der Waals surface area contributed by atoms with E-state index in [-0.39, 0.29) is 11.8 Å². The molecule has 94 valence electrons. The summed E-state index contributed by atoms with van der Waals surface area (Å²) >= 11 is 5.87. The van der Waals surface area contributed by atoms with Gasteiger partial charge >= 0.3 is 0 Å². The molecule has 2 aromatic rings. The summed E-state index contributed by atoms with van der Waals surface area (Å²) < 4.78 is 0. The maximum atomic E-state index is 12.3. The number of benzene rings is 2. The highest BCUT2D eigenvalue weighted by Gasteiger charge is 2.20. The Hall–Kier alpha value is -2.06. The van der Waals surface area contributed by atoms with Crippen LogP contribution in [0.3, 0.4) is 0 Å². The lowest BCUT2D eigenvalue weighted by Crippen LogP contribution is -2.18. The van der Waals surface area contributed by atoms with Crippen LogP contribution in [0.1, 0.15) is 17.0 Å². The van der Waals surface area contributed by atoms with Crippen LogP contribution in [0.2, 0.25) is 5.02 Å². The zero-order valence-electron chi connectivity index (χ0n) is 10.1. The third-order valence-corrected chi connectivity index (χ3v) is 3.45. The lowest BCUT2D eigenvalue weighted by atomic mass is 9.98. The second-order valence-electron chi connectivity index (χ2n) is 4.46. The van der Waals surface area contributed by atoms with E-state index in [1.54, 1.807) is 12.1 Å². The highest BCUT2D eigenvalue weighted by atomic mass is 35.5. The average molecular weight is 270 g/mol. The molecule has 0 saturated heterocycles. The van der Waals surface area contributed by atoms with E-state index in [0.717, 1.165) is 16.8 Å². The van der Waals surface area contributed by atoms with Crippen molar-refractivity contribution in [3.63, 3.8) is 0 Å². The molecule has 1 N–H and O–H groups in total. The molecule has 0 spiro atoms. The Labute approximate surface area is 116 Å². The summed E-state index contributed by atoms with van der Waals surface area (Å²) in [5.41, 5.74) is 2.80. The van der Waals surface area contributed by atoms with E-state index in [2.05, 4.69) is 5.32 Å². The first kappa shape index (κ1) is 12.0. The summed E-state index contributed by atoms with van der Waals surface area (Å²) in [6.45, 7) is 0. The monoisotopic (exact) mass is 269 g/mol. The van der Waals surface area contributed by atoms with Crippen molar-refractivity contribution >= 4 is 29.3 Å². The fraction of sp³-hybridized carbons (Fsp3) is 0.0625. The van der Waals surface area contributed by atoms with Gasteiger partial charge in [0.25, 0.3) is 0 Å². The van der Waals surface area contributed by atoms with Gasteiger partial charge in [0.1, 0.15) is 0 Å². The normalized spacial score (nSPS) is 17.5. The summed E-state index contributed by atoms with van der Waals surface area (Å²) in [6, 6.07) is 15.1. The molecule has 1 aliphatic heterocycles. The Morgan fingerprint density at radius 1 is 1.00 bits per heavy atom. The van der Waals surface area contributed by atoms with Gasteiger partial charge in [-0.2, -0.15) is 0 Å². The fourth-order valence-electron chi connectivity index (χ4n) is 2.19. The molecule has 0 fully saturated rings. The molecule has 1 aliphatic rings. The van der Waals surface area contributed by atoms with Crippen molar-refractivity contribution in [2.45, 2.75) is 5.92 Å². The first-order valence-corrected chi connectivity index (χ1v) is 6.45. The highest BCUT2D eigenvalue weighted by Crippen LogP contribution is 2.28. The molecule has 3 heteroatoms. The van der Waals surface area contributed by atoms with E-state index in [9.17, 15) is 4.79 Å². The SMILES string of the molecule is O=C1Nc2ccccc2C=CC1c1ccc(Cl)cc1. The Morgan fingerprint density at radius 2 is 1.74 bits per heavy atom. The van der Waals surface area contributed by atoms with Crippen LogP contribution in [0.25, 0.3) is 6.08 Å². The van der Waals surface area contributed by atoms with E-state index >= 15 is 0 Å². The largest absolute Gasteiger partial charge is 0.325 e. The van der Waals surface area contributed by atoms with Crippen LogP contribution in [0.4, 0.5) is 5.69 Å². The minimum absolute atomic E-state index is 0.0245. The minimum Gasteiger partial charge on any atom is -0.325 e. The number of amides is 1. The van der Waals surface area contributed by atoms with Crippen molar-refractivity contribution in [2.75, 3.05) is 5.32 Å². The van der Waals surface area contributed by atoms with Crippen molar-refractivity contribution in [2.24, 2.45) is 0 Å². The van der Waals surface area contributed by atoms with Crippen LogP contribution in [0.5, 0.6) is 0 Å². The van der Waals surface area contributed by atoms with Gasteiger partial charge in [0.05, 0.1) is 5.92 Å². The van der Waals surface area contributed by atoms with E-state index < -0.39 is 0 Å². The van der Waals surface area contributed by atoms with Gasteiger partial charge in [0.2, 0.25) is 5.91 Å². The van der Waals surface area contributed by atoms with Crippen molar-refractivity contribution in [3.8, 4) is 0 Å². The minimum atomic E-state index is -0.287. The lowest BCUT2D eigenvalue weighted by Gasteiger charge is -2.12. The van der Waals surface area contributed by atoms with Gasteiger partial charge in [-0.3, -0.25) is 4.79 Å². The third-order valence-electron chi connectivity index (χ3n) is 3.20. The molecule has 19 heavy (non-hydrogen) atoms. The van der Waals surface area contributed by atoms with E-state index in [0.29, 0.717) is 5.02 Å². The zero-order valence-corrected chi connectivity index (χ0v) is 10.9. The second kappa shape index (κ2) is 4.90. The molecule has 0 saturated carbocycles. The molecule has 0 aliphatic carbocycles. The number of nitrogens with one attached hydrogen (secondary N) is 1. The third kappa shape index (κ3) is 2.40. The maximum absolute atomic E-state index is 12.3. The summed E-state index contributed by atoms with van der Waals surface area (Å²) in [6.07, 6.45) is 3.90. The standard InChI is InChI=1S/C16H12ClNO/c17-13-8-5-11(6-9-13)14-10-7-12-3-1-2-4-15(12)18-16(14)19/h1-10,14H,(H,18,19). The van der Waals surface area contributed by atoms with E-state index in [4.69, 9.17) is 11.6 Å². The van der Waals surface area contributed by atoms with Gasteiger partial charge in [-0.15, -0.1) is 0 Å². The Bertz CT molecular complexity index is 646. The molecule has 3 rings (SSSR count). The van der Waals surface area contributed by atoms with E-state index in [1.165, 1.54) is 0 Å². The lowest BCUT2D eigenvalue weighted by molar-refractivity contribution is -0.116. The number of halogens is 1. The van der Waals surface area contributed by atoms with Crippen molar-refractivity contribution < 1.29 is 4.79 Å². The topological polar surface area (TPSA) is 29.1 Å². The number of hydrogen-bond donors (Lipinski definition) is 1. The summed E-state index contributed by atoms with van der Waals surface area (Å²) in [7, 11) is 0. The molecular weight excluding hydrogens is 258 g/mol. The highest BCUT2D eigenvalue weighted by molar-refractivity contribution is 6.30. The molecule has 1 amide bonds. The van der Waals surface area contributed by atoms with Crippen LogP contribution in [0, 0.1) is 0 Å². The predicted octanol–water partition coefficient (Wildman–Crippen LogP) is 4.09. The van der Waals surface area contributed by atoms with Gasteiger partial charge in [0.15, 0.2) is 0 Å². The fourth-order valence-corrected chi connectivity index (χ4v) is 2.31. The number of carbonyl (C=O) groups is 1. The summed E-state index contributed by atoms with van der Waals surface area (Å²) in [4.78, 5) is 12.3. The van der Waals surface area contributed by atoms with Crippen LogP contribution in [-0.4, -0.2) is 5.91 Å². The zero-order chi connectivity index (χ0) is 13.2. The van der Waals surface area contributed by atoms with Crippen LogP contribution < -0.4 is 5.32 Å². The number of rotatable bonds is 1. The molecule has 0 radical (unpaired) electrons. The van der Waals surface area contributed by atoms with Crippen LogP contribution in [-0.2, 0) is 4.79 Å². The van der Waals surface area contributed by atoms with Gasteiger partial charge < -0.3 is 5.32 Å². The Balaban J connectivity index is 1.98. The average Bonchev–Trinajstić information content (AvgIpc) is 2.58. The second-order valence-corrected chi connectivity index (χ2v) is 4.90. The predicted molar refractivity (Wildman–Crippen MR) is 78.3 cm³/mol. The van der Waals surface area contributed by atoms with Gasteiger partial charge in [0, 0.05) is 10.7 Å². The first-order chi connectivity index (χ1) is 9.24. The molecule has 1 atom stereocenters.